The largest absolute Gasteiger partial charge is 0.456 e. The van der Waals surface area contributed by atoms with Crippen molar-refractivity contribution in [2.24, 2.45) is 0 Å². The Bertz CT molecular complexity index is 3790. The van der Waals surface area contributed by atoms with E-state index in [0.717, 1.165) is 61.4 Å². The van der Waals surface area contributed by atoms with Gasteiger partial charge in [-0.2, -0.15) is 0 Å². The van der Waals surface area contributed by atoms with E-state index in [4.69, 9.17) is 4.42 Å². The molecular weight excluding hydrogens is 813 g/mol. The summed E-state index contributed by atoms with van der Waals surface area (Å²) >= 11 is 0. The van der Waals surface area contributed by atoms with Crippen molar-refractivity contribution in [1.82, 2.24) is 4.57 Å². The second kappa shape index (κ2) is 16.4. The fourth-order valence-corrected chi connectivity index (χ4v) is 11.3. The van der Waals surface area contributed by atoms with Crippen LogP contribution in [0.25, 0.3) is 93.6 Å². The van der Waals surface area contributed by atoms with Gasteiger partial charge in [0.05, 0.1) is 22.4 Å². The molecule has 0 aliphatic heterocycles. The smallest absolute Gasteiger partial charge is 0.135 e. The lowest BCUT2D eigenvalue weighted by atomic mass is 9.80. The number of para-hydroxylation sites is 5. The zero-order chi connectivity index (χ0) is 44.3. The molecule has 67 heavy (non-hydrogen) atoms. The molecule has 0 N–H and O–H groups in total. The summed E-state index contributed by atoms with van der Waals surface area (Å²) in [6.45, 7) is 0. The molecule has 0 bridgehead atoms. The molecular formula is C64H48N2O. The summed E-state index contributed by atoms with van der Waals surface area (Å²) in [5, 5.41) is 7.43. The summed E-state index contributed by atoms with van der Waals surface area (Å²) in [5.41, 5.74) is 17.4. The summed E-state index contributed by atoms with van der Waals surface area (Å²) in [6.07, 6.45) is 6.43. The van der Waals surface area contributed by atoms with Crippen LogP contribution in [0.3, 0.4) is 0 Å². The highest BCUT2D eigenvalue weighted by Gasteiger charge is 2.25. The number of benzene rings is 10. The zero-order valence-corrected chi connectivity index (χ0v) is 37.3. The van der Waals surface area contributed by atoms with Gasteiger partial charge in [0.15, 0.2) is 0 Å². The van der Waals surface area contributed by atoms with Gasteiger partial charge in [-0.25, -0.2) is 0 Å². The topological polar surface area (TPSA) is 21.3 Å². The van der Waals surface area contributed by atoms with Gasteiger partial charge in [0.2, 0.25) is 0 Å². The van der Waals surface area contributed by atoms with Gasteiger partial charge in [0.1, 0.15) is 11.2 Å². The van der Waals surface area contributed by atoms with Gasteiger partial charge in [-0.05, 0) is 130 Å². The summed E-state index contributed by atoms with van der Waals surface area (Å²) in [5.74, 6) is 0.567. The van der Waals surface area contributed by atoms with Gasteiger partial charge >= 0.3 is 0 Å². The maximum Gasteiger partial charge on any atom is 0.135 e. The Labute approximate surface area is 390 Å². The Morgan fingerprint density at radius 1 is 0.403 bits per heavy atom. The average molecular weight is 861 g/mol. The van der Waals surface area contributed by atoms with Gasteiger partial charge in [-0.3, -0.25) is 0 Å². The highest BCUT2D eigenvalue weighted by atomic mass is 16.3. The van der Waals surface area contributed by atoms with E-state index in [2.05, 4.69) is 222 Å². The van der Waals surface area contributed by atoms with Crippen molar-refractivity contribution in [2.75, 3.05) is 4.90 Å². The maximum absolute atomic E-state index is 6.21. The lowest BCUT2D eigenvalue weighted by Gasteiger charge is -2.31. The lowest BCUT2D eigenvalue weighted by Crippen LogP contribution is -2.12. The molecule has 0 spiro atoms. The number of nitrogens with zero attached hydrogens (tertiary/aromatic N) is 2. The van der Waals surface area contributed by atoms with Crippen LogP contribution in [0.5, 0.6) is 0 Å². The molecule has 0 amide bonds. The van der Waals surface area contributed by atoms with E-state index in [1.807, 2.05) is 12.1 Å². The van der Waals surface area contributed by atoms with E-state index < -0.39 is 0 Å². The third kappa shape index (κ3) is 6.72. The molecule has 3 nitrogen and oxygen atoms in total. The van der Waals surface area contributed by atoms with Gasteiger partial charge in [0, 0.05) is 44.0 Å². The number of rotatable bonds is 8. The van der Waals surface area contributed by atoms with Gasteiger partial charge < -0.3 is 13.9 Å². The van der Waals surface area contributed by atoms with Crippen LogP contribution >= 0.6 is 0 Å². The second-order valence-corrected chi connectivity index (χ2v) is 18.2. The normalized spacial score (nSPS) is 13.3. The fraction of sp³-hybridized carbons (Fsp3) is 0.0938. The molecule has 320 valence electrons. The molecule has 2 heterocycles. The molecule has 1 fully saturated rings. The van der Waals surface area contributed by atoms with E-state index in [1.54, 1.807) is 0 Å². The SMILES string of the molecule is c1ccc(-n2c3ccccc3c3cc(-c4ccccc4N(c4ccc(-c5ccc6oc7ccccc7c6c5)cc4)c4ccccc4-c4cccc5cccc(C6CCCCC6)c45)ccc32)cc1. The van der Waals surface area contributed by atoms with Crippen LogP contribution in [0.15, 0.2) is 229 Å². The van der Waals surface area contributed by atoms with E-state index in [9.17, 15) is 0 Å². The molecule has 2 aromatic heterocycles. The molecule has 10 aromatic carbocycles. The first-order chi connectivity index (χ1) is 33.2. The Balaban J connectivity index is 1.01. The highest BCUT2D eigenvalue weighted by molar-refractivity contribution is 6.11. The van der Waals surface area contributed by atoms with Crippen molar-refractivity contribution in [3.05, 3.63) is 230 Å². The summed E-state index contributed by atoms with van der Waals surface area (Å²) in [4.78, 5) is 2.50. The van der Waals surface area contributed by atoms with Gasteiger partial charge in [0.25, 0.3) is 0 Å². The molecule has 0 unspecified atom stereocenters. The Morgan fingerprint density at radius 2 is 1.01 bits per heavy atom. The van der Waals surface area contributed by atoms with E-state index in [0.29, 0.717) is 5.92 Å². The third-order valence-corrected chi connectivity index (χ3v) is 14.4. The van der Waals surface area contributed by atoms with Crippen LogP contribution in [-0.2, 0) is 0 Å². The molecule has 1 saturated carbocycles. The van der Waals surface area contributed by atoms with E-state index in [1.165, 1.54) is 86.9 Å². The minimum atomic E-state index is 0.567. The summed E-state index contributed by atoms with van der Waals surface area (Å²) < 4.78 is 8.61. The van der Waals surface area contributed by atoms with Crippen LogP contribution in [-0.4, -0.2) is 4.57 Å². The second-order valence-electron chi connectivity index (χ2n) is 18.2. The average Bonchev–Trinajstić information content (AvgIpc) is 3.94. The first-order valence-electron chi connectivity index (χ1n) is 23.9. The standard InChI is InChI=1S/C64H48N2O/c1-3-17-44(18-4-1)51-27-15-19-45-20-16-28-55(64(45)51)52-24-8-12-30-59(52)66(49-37-33-43(34-38-49)46-36-40-63-57(41-46)54-26-10-14-32-62(54)67-63)58-29-11-7-23-50(58)47-35-39-61-56(42-47)53-25-9-13-31-60(53)65(61)48-21-5-2-6-22-48/h2,5-16,19-42,44H,1,3-4,17-18H2. The van der Waals surface area contributed by atoms with Crippen LogP contribution in [0, 0.1) is 0 Å². The lowest BCUT2D eigenvalue weighted by molar-refractivity contribution is 0.445. The minimum Gasteiger partial charge on any atom is -0.456 e. The van der Waals surface area contributed by atoms with Crippen molar-refractivity contribution >= 4 is 71.6 Å². The summed E-state index contributed by atoms with van der Waals surface area (Å²) in [6, 6.07) is 82.4. The number of hydrogen-bond donors (Lipinski definition) is 0. The Kier molecular flexibility index (Phi) is 9.60. The van der Waals surface area contributed by atoms with Gasteiger partial charge in [-0.15, -0.1) is 0 Å². The molecule has 0 atom stereocenters. The van der Waals surface area contributed by atoms with Crippen molar-refractivity contribution in [3.8, 4) is 39.1 Å². The number of hydrogen-bond acceptors (Lipinski definition) is 2. The van der Waals surface area contributed by atoms with Gasteiger partial charge in [-0.1, -0.05) is 171 Å². The zero-order valence-electron chi connectivity index (χ0n) is 37.3. The predicted octanol–water partition coefficient (Wildman–Crippen LogP) is 18.4. The Morgan fingerprint density at radius 3 is 1.85 bits per heavy atom. The molecule has 1 aliphatic rings. The predicted molar refractivity (Wildman–Crippen MR) is 282 cm³/mol. The quantitative estimate of drug-likeness (QED) is 0.152. The van der Waals surface area contributed by atoms with Crippen LogP contribution in [0.1, 0.15) is 43.6 Å². The molecule has 0 saturated heterocycles. The third-order valence-electron chi connectivity index (χ3n) is 14.4. The van der Waals surface area contributed by atoms with Crippen molar-refractivity contribution < 1.29 is 4.42 Å². The van der Waals surface area contributed by atoms with Crippen LogP contribution < -0.4 is 4.90 Å². The number of fused-ring (bicyclic) bond motifs is 7. The van der Waals surface area contributed by atoms with Crippen molar-refractivity contribution in [2.45, 2.75) is 38.0 Å². The number of aromatic nitrogens is 1. The van der Waals surface area contributed by atoms with E-state index >= 15 is 0 Å². The number of anilines is 3. The monoisotopic (exact) mass is 860 g/mol. The number of furan rings is 1. The molecule has 13 rings (SSSR count). The van der Waals surface area contributed by atoms with Crippen LogP contribution in [0.4, 0.5) is 17.1 Å². The van der Waals surface area contributed by atoms with E-state index in [-0.39, 0.29) is 0 Å². The van der Waals surface area contributed by atoms with Crippen molar-refractivity contribution in [3.63, 3.8) is 0 Å². The molecule has 12 aromatic rings. The first kappa shape index (κ1) is 39.2. The molecule has 3 heteroatoms. The molecule has 1 aliphatic carbocycles. The van der Waals surface area contributed by atoms with Crippen LogP contribution in [0.2, 0.25) is 0 Å². The summed E-state index contributed by atoms with van der Waals surface area (Å²) in [7, 11) is 0. The fourth-order valence-electron chi connectivity index (χ4n) is 11.3. The Hall–Kier alpha value is -8.14. The minimum absolute atomic E-state index is 0.567. The maximum atomic E-state index is 6.21. The molecule has 0 radical (unpaired) electrons. The highest BCUT2D eigenvalue weighted by Crippen LogP contribution is 2.48. The first-order valence-corrected chi connectivity index (χ1v) is 23.9. The van der Waals surface area contributed by atoms with Crippen molar-refractivity contribution in [1.29, 1.82) is 0 Å².